The molecule has 2 aromatic rings. The molecule has 0 unspecified atom stereocenters. The predicted molar refractivity (Wildman–Crippen MR) is 107 cm³/mol. The Morgan fingerprint density at radius 1 is 1.30 bits per heavy atom. The minimum Gasteiger partial charge on any atom is -0.366 e. The molecule has 0 aromatic heterocycles. The lowest BCUT2D eigenvalue weighted by atomic mass is 9.68. The Bertz CT molecular complexity index is 853. The Morgan fingerprint density at radius 3 is 2.67 bits per heavy atom. The molecule has 27 heavy (non-hydrogen) atoms. The molecule has 4 heteroatoms. The van der Waals surface area contributed by atoms with Gasteiger partial charge in [-0.05, 0) is 66.1 Å². The van der Waals surface area contributed by atoms with Gasteiger partial charge < -0.3 is 10.6 Å². The summed E-state index contributed by atoms with van der Waals surface area (Å²) in [6, 6.07) is 17.8. The Morgan fingerprint density at radius 2 is 2.04 bits per heavy atom. The van der Waals surface area contributed by atoms with Crippen LogP contribution in [0.1, 0.15) is 47.3 Å². The number of hydrogen-bond donors (Lipinski definition) is 1. The van der Waals surface area contributed by atoms with Crippen molar-refractivity contribution in [3.05, 3.63) is 70.8 Å². The van der Waals surface area contributed by atoms with Crippen LogP contribution in [0.5, 0.6) is 0 Å². The average Bonchev–Trinajstić information content (AvgIpc) is 2.69. The molecule has 0 saturated carbocycles. The molecule has 4 nitrogen and oxygen atoms in total. The van der Waals surface area contributed by atoms with E-state index in [2.05, 4.69) is 30.9 Å². The van der Waals surface area contributed by atoms with Gasteiger partial charge in [0, 0.05) is 18.7 Å². The summed E-state index contributed by atoms with van der Waals surface area (Å²) in [4.78, 5) is 14.0. The third kappa shape index (κ3) is 4.20. The molecule has 140 valence electrons. The summed E-state index contributed by atoms with van der Waals surface area (Å²) in [5, 5.41) is 8.90. The molecule has 2 N–H and O–H groups in total. The van der Waals surface area contributed by atoms with Crippen molar-refractivity contribution in [2.24, 2.45) is 11.7 Å². The van der Waals surface area contributed by atoms with Crippen LogP contribution in [0.25, 0.3) is 0 Å². The van der Waals surface area contributed by atoms with Crippen LogP contribution in [-0.2, 0) is 11.8 Å². The van der Waals surface area contributed by atoms with Gasteiger partial charge in [-0.2, -0.15) is 5.26 Å². The number of nitrogens with two attached hydrogens (primary N) is 1. The van der Waals surface area contributed by atoms with Crippen molar-refractivity contribution in [2.45, 2.75) is 32.1 Å². The summed E-state index contributed by atoms with van der Waals surface area (Å²) in [6.07, 6.45) is 2.05. The fourth-order valence-electron chi connectivity index (χ4n) is 4.01. The minimum atomic E-state index is -0.368. The van der Waals surface area contributed by atoms with Crippen molar-refractivity contribution in [1.82, 2.24) is 4.90 Å². The first kappa shape index (κ1) is 19.1. The topological polar surface area (TPSA) is 70.1 Å². The van der Waals surface area contributed by atoms with E-state index >= 15 is 0 Å². The highest BCUT2D eigenvalue weighted by Gasteiger charge is 2.37. The molecule has 1 aliphatic heterocycles. The SMILES string of the molecule is C[C@H]1CN(CCc2ccc(C#N)cc2)CC[C@]1(C)c1cccc(C(N)=O)c1. The molecule has 0 radical (unpaired) electrons. The molecule has 3 rings (SSSR count). The number of rotatable bonds is 5. The number of primary amides is 1. The van der Waals surface area contributed by atoms with Crippen molar-refractivity contribution < 1.29 is 4.79 Å². The van der Waals surface area contributed by atoms with Gasteiger partial charge in [0.25, 0.3) is 0 Å². The van der Waals surface area contributed by atoms with Gasteiger partial charge in [0.05, 0.1) is 11.6 Å². The van der Waals surface area contributed by atoms with E-state index in [1.165, 1.54) is 11.1 Å². The number of carbonyl (C=O) groups is 1. The van der Waals surface area contributed by atoms with E-state index in [0.717, 1.165) is 32.5 Å². The molecule has 2 aromatic carbocycles. The highest BCUT2D eigenvalue weighted by Crippen LogP contribution is 2.39. The molecule has 0 aliphatic carbocycles. The number of carbonyl (C=O) groups excluding carboxylic acids is 1. The standard InChI is InChI=1S/C23H27N3O/c1-17-16-26(12-10-18-6-8-19(15-24)9-7-18)13-11-23(17,2)21-5-3-4-20(14-21)22(25)27/h3-9,14,17H,10-13,16H2,1-2H3,(H2,25,27)/t17-,23-/m0/s1. The third-order valence-corrected chi connectivity index (χ3v) is 6.17. The van der Waals surface area contributed by atoms with E-state index in [9.17, 15) is 4.79 Å². The number of likely N-dealkylation sites (tertiary alicyclic amines) is 1. The van der Waals surface area contributed by atoms with Gasteiger partial charge in [0.1, 0.15) is 0 Å². The van der Waals surface area contributed by atoms with Crippen LogP contribution in [0.3, 0.4) is 0 Å². The van der Waals surface area contributed by atoms with E-state index < -0.39 is 0 Å². The second kappa shape index (κ2) is 7.94. The van der Waals surface area contributed by atoms with E-state index in [4.69, 9.17) is 11.0 Å². The van der Waals surface area contributed by atoms with Crippen molar-refractivity contribution in [1.29, 1.82) is 5.26 Å². The smallest absolute Gasteiger partial charge is 0.248 e. The molecule has 2 atom stereocenters. The summed E-state index contributed by atoms with van der Waals surface area (Å²) in [5.74, 6) is 0.114. The molecule has 0 bridgehead atoms. The number of piperidine rings is 1. The van der Waals surface area contributed by atoms with Gasteiger partial charge in [-0.3, -0.25) is 4.79 Å². The van der Waals surface area contributed by atoms with Gasteiger partial charge in [-0.15, -0.1) is 0 Å². The Balaban J connectivity index is 1.63. The molecule has 1 saturated heterocycles. The number of amides is 1. The van der Waals surface area contributed by atoms with Crippen LogP contribution < -0.4 is 5.73 Å². The zero-order valence-electron chi connectivity index (χ0n) is 16.1. The predicted octanol–water partition coefficient (Wildman–Crippen LogP) is 3.50. The van der Waals surface area contributed by atoms with E-state index in [-0.39, 0.29) is 11.3 Å². The second-order valence-electron chi connectivity index (χ2n) is 7.87. The van der Waals surface area contributed by atoms with Crippen LogP contribution in [0.4, 0.5) is 0 Å². The lowest BCUT2D eigenvalue weighted by Crippen LogP contribution is -2.47. The monoisotopic (exact) mass is 361 g/mol. The average molecular weight is 361 g/mol. The van der Waals surface area contributed by atoms with Gasteiger partial charge in [-0.1, -0.05) is 38.1 Å². The summed E-state index contributed by atoms with van der Waals surface area (Å²) < 4.78 is 0. The maximum atomic E-state index is 11.5. The van der Waals surface area contributed by atoms with Crippen LogP contribution in [-0.4, -0.2) is 30.4 Å². The highest BCUT2D eigenvalue weighted by atomic mass is 16.1. The fraction of sp³-hybridized carbons (Fsp3) is 0.391. The lowest BCUT2D eigenvalue weighted by Gasteiger charge is -2.45. The second-order valence-corrected chi connectivity index (χ2v) is 7.87. The third-order valence-electron chi connectivity index (χ3n) is 6.17. The largest absolute Gasteiger partial charge is 0.366 e. The minimum absolute atomic E-state index is 0.0520. The molecular weight excluding hydrogens is 334 g/mol. The number of benzene rings is 2. The molecule has 1 amide bonds. The number of nitrogens with zero attached hydrogens (tertiary/aromatic N) is 2. The summed E-state index contributed by atoms with van der Waals surface area (Å²) >= 11 is 0. The van der Waals surface area contributed by atoms with Gasteiger partial charge in [-0.25, -0.2) is 0 Å². The maximum Gasteiger partial charge on any atom is 0.248 e. The quantitative estimate of drug-likeness (QED) is 0.886. The molecule has 1 aliphatic rings. The maximum absolute atomic E-state index is 11.5. The van der Waals surface area contributed by atoms with Gasteiger partial charge in [0.15, 0.2) is 0 Å². The van der Waals surface area contributed by atoms with Crippen molar-refractivity contribution >= 4 is 5.91 Å². The van der Waals surface area contributed by atoms with Crippen LogP contribution in [0, 0.1) is 17.2 Å². The van der Waals surface area contributed by atoms with Crippen molar-refractivity contribution in [3.8, 4) is 6.07 Å². The van der Waals surface area contributed by atoms with Crippen LogP contribution in [0.15, 0.2) is 48.5 Å². The number of hydrogen-bond acceptors (Lipinski definition) is 3. The zero-order chi connectivity index (χ0) is 19.4. The molecule has 1 fully saturated rings. The van der Waals surface area contributed by atoms with Crippen LogP contribution in [0.2, 0.25) is 0 Å². The summed E-state index contributed by atoms with van der Waals surface area (Å²) in [7, 11) is 0. The fourth-order valence-corrected chi connectivity index (χ4v) is 4.01. The van der Waals surface area contributed by atoms with Crippen molar-refractivity contribution in [3.63, 3.8) is 0 Å². The van der Waals surface area contributed by atoms with Gasteiger partial charge in [0.2, 0.25) is 5.91 Å². The Kier molecular flexibility index (Phi) is 5.62. The molecule has 0 spiro atoms. The van der Waals surface area contributed by atoms with Crippen LogP contribution >= 0.6 is 0 Å². The molecule has 1 heterocycles. The summed E-state index contributed by atoms with van der Waals surface area (Å²) in [6.45, 7) is 7.69. The highest BCUT2D eigenvalue weighted by molar-refractivity contribution is 5.92. The van der Waals surface area contributed by atoms with E-state index in [1.54, 1.807) is 6.07 Å². The first-order valence-corrected chi connectivity index (χ1v) is 9.54. The van der Waals surface area contributed by atoms with E-state index in [0.29, 0.717) is 17.0 Å². The zero-order valence-corrected chi connectivity index (χ0v) is 16.1. The number of nitriles is 1. The molecular formula is C23H27N3O. The first-order valence-electron chi connectivity index (χ1n) is 9.54. The first-order chi connectivity index (χ1) is 12.9. The summed E-state index contributed by atoms with van der Waals surface area (Å²) in [5.41, 5.74) is 9.28. The Labute approximate surface area is 161 Å². The normalized spacial score (nSPS) is 22.9. The lowest BCUT2D eigenvalue weighted by molar-refractivity contribution is 0.0998. The van der Waals surface area contributed by atoms with Gasteiger partial charge >= 0.3 is 0 Å². The Hall–Kier alpha value is -2.64. The van der Waals surface area contributed by atoms with E-state index in [1.807, 2.05) is 36.4 Å². The van der Waals surface area contributed by atoms with Crippen molar-refractivity contribution in [2.75, 3.05) is 19.6 Å².